The number of hydrogen-bond donors (Lipinski definition) is 1. The molecule has 0 fully saturated rings. The van der Waals surface area contributed by atoms with Crippen LogP contribution >= 0.6 is 23.2 Å². The number of halogens is 3. The highest BCUT2D eigenvalue weighted by Crippen LogP contribution is 2.29. The lowest BCUT2D eigenvalue weighted by Crippen LogP contribution is -2.52. The molecule has 3 rings (SSSR count). The van der Waals surface area contributed by atoms with Crippen LogP contribution in [0.2, 0.25) is 10.0 Å². The zero-order valence-corrected chi connectivity index (χ0v) is 24.9. The van der Waals surface area contributed by atoms with E-state index in [1.165, 1.54) is 35.2 Å². The van der Waals surface area contributed by atoms with Gasteiger partial charge in [0.15, 0.2) is 0 Å². The molecule has 0 aromatic heterocycles. The average Bonchev–Trinajstić information content (AvgIpc) is 2.92. The van der Waals surface area contributed by atoms with Crippen molar-refractivity contribution in [1.29, 1.82) is 0 Å². The molecule has 0 bridgehead atoms. The Kier molecular flexibility index (Phi) is 11.0. The van der Waals surface area contributed by atoms with Crippen molar-refractivity contribution >= 4 is 50.7 Å². The molecule has 0 saturated heterocycles. The van der Waals surface area contributed by atoms with Crippen molar-refractivity contribution in [2.45, 2.75) is 51.1 Å². The minimum Gasteiger partial charge on any atom is -0.354 e. The Morgan fingerprint density at radius 3 is 2.15 bits per heavy atom. The lowest BCUT2D eigenvalue weighted by atomic mass is 10.1. The largest absolute Gasteiger partial charge is 0.354 e. The fourth-order valence-corrected chi connectivity index (χ4v) is 6.08. The molecule has 0 spiro atoms. The highest BCUT2D eigenvalue weighted by Gasteiger charge is 2.35. The van der Waals surface area contributed by atoms with Crippen molar-refractivity contribution in [3.05, 3.63) is 93.7 Å². The zero-order valence-electron chi connectivity index (χ0n) is 22.5. The Hall–Kier alpha value is -3.14. The van der Waals surface area contributed by atoms with Crippen LogP contribution in [0, 0.1) is 12.7 Å². The van der Waals surface area contributed by atoms with E-state index < -0.39 is 40.2 Å². The fraction of sp³-hybridized carbons (Fsp3) is 0.310. The van der Waals surface area contributed by atoms with Gasteiger partial charge in [-0.05, 0) is 56.2 Å². The maximum atomic E-state index is 15.0. The van der Waals surface area contributed by atoms with Gasteiger partial charge in [0.25, 0.3) is 10.0 Å². The topological polar surface area (TPSA) is 86.8 Å². The summed E-state index contributed by atoms with van der Waals surface area (Å²) in [6.45, 7) is 4.91. The van der Waals surface area contributed by atoms with E-state index in [9.17, 15) is 18.0 Å². The fourth-order valence-electron chi connectivity index (χ4n) is 4.14. The minimum absolute atomic E-state index is 0.109. The van der Waals surface area contributed by atoms with E-state index in [4.69, 9.17) is 23.2 Å². The third-order valence-electron chi connectivity index (χ3n) is 6.33. The Morgan fingerprint density at radius 1 is 0.950 bits per heavy atom. The third-order valence-corrected chi connectivity index (χ3v) is 8.82. The molecule has 3 aromatic rings. The summed E-state index contributed by atoms with van der Waals surface area (Å²) in [7, 11) is -4.38. The molecule has 40 heavy (non-hydrogen) atoms. The van der Waals surface area contributed by atoms with E-state index >= 15 is 4.39 Å². The van der Waals surface area contributed by atoms with Crippen molar-refractivity contribution in [2.24, 2.45) is 0 Å². The number of nitrogens with one attached hydrogen (secondary N) is 1. The van der Waals surface area contributed by atoms with E-state index in [2.05, 4.69) is 5.32 Å². The van der Waals surface area contributed by atoms with Gasteiger partial charge < -0.3 is 10.2 Å². The summed E-state index contributed by atoms with van der Waals surface area (Å²) in [5, 5.41) is 3.37. The van der Waals surface area contributed by atoms with Gasteiger partial charge in [-0.15, -0.1) is 0 Å². The number of benzene rings is 3. The summed E-state index contributed by atoms with van der Waals surface area (Å²) in [6.07, 6.45) is 0.913. The molecular weight excluding hydrogens is 576 g/mol. The number of rotatable bonds is 12. The van der Waals surface area contributed by atoms with Crippen LogP contribution in [0.3, 0.4) is 0 Å². The van der Waals surface area contributed by atoms with Gasteiger partial charge >= 0.3 is 0 Å². The summed E-state index contributed by atoms with van der Waals surface area (Å²) in [4.78, 5) is 28.3. The van der Waals surface area contributed by atoms with Crippen LogP contribution in [0.1, 0.15) is 37.8 Å². The number of hydrogen-bond acceptors (Lipinski definition) is 4. The predicted octanol–water partition coefficient (Wildman–Crippen LogP) is 5.97. The van der Waals surface area contributed by atoms with E-state index in [0.29, 0.717) is 18.5 Å². The molecule has 0 unspecified atom stereocenters. The third kappa shape index (κ3) is 7.33. The Bertz CT molecular complexity index is 1430. The van der Waals surface area contributed by atoms with Gasteiger partial charge in [0.1, 0.15) is 18.4 Å². The van der Waals surface area contributed by atoms with E-state index in [-0.39, 0.29) is 33.6 Å². The molecule has 0 aliphatic heterocycles. The van der Waals surface area contributed by atoms with Crippen LogP contribution in [0.25, 0.3) is 0 Å². The maximum Gasteiger partial charge on any atom is 0.264 e. The number of amides is 2. The van der Waals surface area contributed by atoms with Gasteiger partial charge in [0, 0.05) is 28.7 Å². The first-order valence-electron chi connectivity index (χ1n) is 12.8. The first-order valence-corrected chi connectivity index (χ1v) is 15.0. The minimum atomic E-state index is -4.38. The number of aryl methyl sites for hydroxylation is 1. The highest BCUT2D eigenvalue weighted by atomic mass is 35.5. The molecular formula is C29H32Cl2FN3O4S. The molecule has 214 valence electrons. The van der Waals surface area contributed by atoms with Gasteiger partial charge in [0.05, 0.1) is 10.6 Å². The molecule has 2 amide bonds. The molecule has 0 heterocycles. The second kappa shape index (κ2) is 14.0. The molecule has 0 radical (unpaired) electrons. The van der Waals surface area contributed by atoms with Crippen molar-refractivity contribution < 1.29 is 22.4 Å². The first kappa shape index (κ1) is 31.4. The molecule has 0 saturated carbocycles. The van der Waals surface area contributed by atoms with Crippen LogP contribution in [0.4, 0.5) is 10.1 Å². The molecule has 1 atom stereocenters. The monoisotopic (exact) mass is 607 g/mol. The van der Waals surface area contributed by atoms with Crippen molar-refractivity contribution in [1.82, 2.24) is 10.2 Å². The SMILES string of the molecule is CCCNC(=O)[C@H](CC)N(Cc1c(Cl)cccc1Cl)C(=O)CN(c1ccccc1F)S(=O)(=O)c1ccc(C)cc1. The Morgan fingerprint density at radius 2 is 1.57 bits per heavy atom. The number of para-hydroxylation sites is 1. The number of sulfonamides is 1. The van der Waals surface area contributed by atoms with Crippen molar-refractivity contribution in [2.75, 3.05) is 17.4 Å². The van der Waals surface area contributed by atoms with Crippen LogP contribution in [0.5, 0.6) is 0 Å². The number of nitrogens with zero attached hydrogens (tertiary/aromatic N) is 2. The van der Waals surface area contributed by atoms with Crippen LogP contribution < -0.4 is 9.62 Å². The van der Waals surface area contributed by atoms with Gasteiger partial charge in [-0.3, -0.25) is 13.9 Å². The zero-order chi connectivity index (χ0) is 29.4. The molecule has 3 aromatic carbocycles. The number of carbonyl (C=O) groups excluding carboxylic acids is 2. The Balaban J connectivity index is 2.10. The molecule has 1 N–H and O–H groups in total. The summed E-state index contributed by atoms with van der Waals surface area (Å²) in [6, 6.07) is 15.2. The molecule has 7 nitrogen and oxygen atoms in total. The molecule has 0 aliphatic rings. The number of anilines is 1. The first-order chi connectivity index (χ1) is 19.0. The van der Waals surface area contributed by atoms with Crippen LogP contribution in [-0.2, 0) is 26.2 Å². The van der Waals surface area contributed by atoms with Crippen molar-refractivity contribution in [3.8, 4) is 0 Å². The van der Waals surface area contributed by atoms with Gasteiger partial charge in [0.2, 0.25) is 11.8 Å². The molecule has 11 heteroatoms. The van der Waals surface area contributed by atoms with E-state index in [0.717, 1.165) is 15.9 Å². The normalized spacial score (nSPS) is 12.1. The highest BCUT2D eigenvalue weighted by molar-refractivity contribution is 7.92. The second-order valence-corrected chi connectivity index (χ2v) is 11.9. The summed E-state index contributed by atoms with van der Waals surface area (Å²) >= 11 is 12.8. The van der Waals surface area contributed by atoms with Gasteiger partial charge in [-0.25, -0.2) is 12.8 Å². The lowest BCUT2D eigenvalue weighted by molar-refractivity contribution is -0.140. The average molecular weight is 609 g/mol. The smallest absolute Gasteiger partial charge is 0.264 e. The second-order valence-electron chi connectivity index (χ2n) is 9.21. The Labute approximate surface area is 244 Å². The maximum absolute atomic E-state index is 15.0. The van der Waals surface area contributed by atoms with E-state index in [1.807, 2.05) is 6.92 Å². The quantitative estimate of drug-likeness (QED) is 0.275. The summed E-state index contributed by atoms with van der Waals surface area (Å²) in [5.41, 5.74) is 0.939. The lowest BCUT2D eigenvalue weighted by Gasteiger charge is -2.33. The summed E-state index contributed by atoms with van der Waals surface area (Å²) in [5.74, 6) is -1.95. The van der Waals surface area contributed by atoms with Gasteiger partial charge in [-0.1, -0.05) is 72.9 Å². The van der Waals surface area contributed by atoms with Crippen LogP contribution in [-0.4, -0.2) is 44.3 Å². The van der Waals surface area contributed by atoms with E-state index in [1.54, 1.807) is 44.2 Å². The molecule has 0 aliphatic carbocycles. The number of carbonyl (C=O) groups is 2. The summed E-state index contributed by atoms with van der Waals surface area (Å²) < 4.78 is 43.4. The van der Waals surface area contributed by atoms with Crippen LogP contribution in [0.15, 0.2) is 71.6 Å². The van der Waals surface area contributed by atoms with Crippen molar-refractivity contribution in [3.63, 3.8) is 0 Å². The van der Waals surface area contributed by atoms with Gasteiger partial charge in [-0.2, -0.15) is 0 Å². The predicted molar refractivity (Wildman–Crippen MR) is 157 cm³/mol. The standard InChI is InChI=1S/C29H32Cl2FN3O4S/c1-4-17-33-29(37)26(5-2)34(18-22-23(30)9-8-10-24(22)31)28(36)19-35(27-12-7-6-11-25(27)32)40(38,39)21-15-13-20(3)14-16-21/h6-16,26H,4-5,17-19H2,1-3H3,(H,33,37)/t26-/m0/s1.